The fourth-order valence-electron chi connectivity index (χ4n) is 3.07. The average Bonchev–Trinajstić information content (AvgIpc) is 3.22. The first kappa shape index (κ1) is 19.2. The van der Waals surface area contributed by atoms with Gasteiger partial charge in [0.15, 0.2) is 6.10 Å². The number of carbonyl (C=O) groups excluding carboxylic acids is 2. The van der Waals surface area contributed by atoms with Crippen molar-refractivity contribution in [3.8, 4) is 0 Å². The minimum absolute atomic E-state index is 0.143. The largest absolute Gasteiger partial charge is 0.449 e. The van der Waals surface area contributed by atoms with E-state index >= 15 is 0 Å². The second kappa shape index (κ2) is 8.87. The molecular weight excluding hydrogens is 362 g/mol. The number of carbonyl (C=O) groups is 2. The Hall–Kier alpha value is -2.59. The summed E-state index contributed by atoms with van der Waals surface area (Å²) in [5.74, 6) is -0.669. The molecule has 5 heteroatoms. The third kappa shape index (κ3) is 4.98. The highest BCUT2D eigenvalue weighted by Crippen LogP contribution is 2.23. The molecule has 4 nitrogen and oxygen atoms in total. The Morgan fingerprint density at radius 2 is 1.67 bits per heavy atom. The van der Waals surface area contributed by atoms with E-state index in [-0.39, 0.29) is 5.91 Å². The standard InChI is InChI=1S/C22H22ClNO3/c1-16(21(25)24-13-5-6-14-24)27-22(26)20(15-17-7-3-2-4-8-17)18-9-11-19(23)12-10-18/h2-4,7-12,15-16H,5-6,13-14H2,1H3/b20-15+/t16-/m1/s1. The van der Waals surface area contributed by atoms with Crippen molar-refractivity contribution in [1.29, 1.82) is 0 Å². The summed E-state index contributed by atoms with van der Waals surface area (Å²) < 4.78 is 5.51. The maximum Gasteiger partial charge on any atom is 0.339 e. The van der Waals surface area contributed by atoms with Crippen LogP contribution in [0.3, 0.4) is 0 Å². The van der Waals surface area contributed by atoms with E-state index < -0.39 is 12.1 Å². The number of likely N-dealkylation sites (tertiary alicyclic amines) is 1. The van der Waals surface area contributed by atoms with Crippen LogP contribution in [0.1, 0.15) is 30.9 Å². The minimum atomic E-state index is -0.818. The van der Waals surface area contributed by atoms with Crippen molar-refractivity contribution < 1.29 is 14.3 Å². The summed E-state index contributed by atoms with van der Waals surface area (Å²) in [6, 6.07) is 16.5. The molecule has 2 aromatic rings. The lowest BCUT2D eigenvalue weighted by Gasteiger charge is -2.21. The molecule has 140 valence electrons. The van der Waals surface area contributed by atoms with Crippen LogP contribution >= 0.6 is 11.6 Å². The molecular formula is C22H22ClNO3. The van der Waals surface area contributed by atoms with Gasteiger partial charge in [-0.2, -0.15) is 0 Å². The van der Waals surface area contributed by atoms with Gasteiger partial charge in [-0.3, -0.25) is 4.79 Å². The molecule has 0 unspecified atom stereocenters. The van der Waals surface area contributed by atoms with E-state index in [4.69, 9.17) is 16.3 Å². The highest BCUT2D eigenvalue weighted by molar-refractivity contribution is 6.30. The van der Waals surface area contributed by atoms with E-state index in [2.05, 4.69) is 0 Å². The molecule has 0 aromatic heterocycles. The number of amides is 1. The Morgan fingerprint density at radius 3 is 2.30 bits per heavy atom. The summed E-state index contributed by atoms with van der Waals surface area (Å²) in [5, 5.41) is 0.587. The quantitative estimate of drug-likeness (QED) is 0.436. The van der Waals surface area contributed by atoms with Gasteiger partial charge in [0, 0.05) is 18.1 Å². The molecule has 1 aliphatic rings. The normalized spacial score (nSPS) is 15.5. The Labute approximate surface area is 164 Å². The van der Waals surface area contributed by atoms with Crippen LogP contribution in [-0.2, 0) is 14.3 Å². The molecule has 0 spiro atoms. The summed E-state index contributed by atoms with van der Waals surface area (Å²) >= 11 is 5.97. The van der Waals surface area contributed by atoms with Crippen LogP contribution in [0.25, 0.3) is 11.6 Å². The van der Waals surface area contributed by atoms with E-state index in [9.17, 15) is 9.59 Å². The molecule has 1 aliphatic heterocycles. The van der Waals surface area contributed by atoms with Crippen molar-refractivity contribution in [2.75, 3.05) is 13.1 Å². The zero-order valence-corrected chi connectivity index (χ0v) is 16.0. The molecule has 1 atom stereocenters. The number of esters is 1. The first-order chi connectivity index (χ1) is 13.0. The predicted octanol–water partition coefficient (Wildman–Crippen LogP) is 4.43. The second-order valence-corrected chi connectivity index (χ2v) is 6.99. The first-order valence-electron chi connectivity index (χ1n) is 9.07. The topological polar surface area (TPSA) is 46.6 Å². The van der Waals surface area contributed by atoms with E-state index in [1.54, 1.807) is 42.2 Å². The molecule has 0 N–H and O–H groups in total. The van der Waals surface area contributed by atoms with Crippen LogP contribution in [0.15, 0.2) is 54.6 Å². The molecule has 0 bridgehead atoms. The van der Waals surface area contributed by atoms with Gasteiger partial charge in [0.1, 0.15) is 0 Å². The average molecular weight is 384 g/mol. The Kier molecular flexibility index (Phi) is 6.30. The summed E-state index contributed by atoms with van der Waals surface area (Å²) in [5.41, 5.74) is 1.95. The maximum atomic E-state index is 12.9. The summed E-state index contributed by atoms with van der Waals surface area (Å²) in [6.45, 7) is 3.08. The van der Waals surface area contributed by atoms with Crippen molar-refractivity contribution in [3.05, 3.63) is 70.7 Å². The van der Waals surface area contributed by atoms with E-state index in [0.29, 0.717) is 16.2 Å². The fourth-order valence-corrected chi connectivity index (χ4v) is 3.20. The third-order valence-electron chi connectivity index (χ3n) is 4.54. The van der Waals surface area contributed by atoms with Gasteiger partial charge < -0.3 is 9.64 Å². The first-order valence-corrected chi connectivity index (χ1v) is 9.45. The molecule has 1 fully saturated rings. The van der Waals surface area contributed by atoms with Crippen LogP contribution in [0.5, 0.6) is 0 Å². The van der Waals surface area contributed by atoms with Gasteiger partial charge in [-0.25, -0.2) is 4.79 Å². The molecule has 0 saturated carbocycles. The number of hydrogen-bond donors (Lipinski definition) is 0. The molecule has 2 aromatic carbocycles. The predicted molar refractivity (Wildman–Crippen MR) is 107 cm³/mol. The van der Waals surface area contributed by atoms with E-state index in [1.165, 1.54) is 0 Å². The van der Waals surface area contributed by atoms with Crippen LogP contribution < -0.4 is 0 Å². The van der Waals surface area contributed by atoms with Gasteiger partial charge >= 0.3 is 5.97 Å². The zero-order valence-electron chi connectivity index (χ0n) is 15.2. The molecule has 1 amide bonds. The highest BCUT2D eigenvalue weighted by Gasteiger charge is 2.27. The van der Waals surface area contributed by atoms with Crippen LogP contribution in [0, 0.1) is 0 Å². The van der Waals surface area contributed by atoms with Gasteiger partial charge in [-0.15, -0.1) is 0 Å². The molecule has 3 rings (SSSR count). The van der Waals surface area contributed by atoms with Crippen molar-refractivity contribution in [1.82, 2.24) is 4.90 Å². The Bertz CT molecular complexity index is 824. The molecule has 0 aliphatic carbocycles. The Morgan fingerprint density at radius 1 is 1.04 bits per heavy atom. The lowest BCUT2D eigenvalue weighted by Crippen LogP contribution is -2.38. The van der Waals surface area contributed by atoms with Crippen LogP contribution in [-0.4, -0.2) is 36.0 Å². The summed E-state index contributed by atoms with van der Waals surface area (Å²) in [6.07, 6.45) is 2.94. The van der Waals surface area contributed by atoms with Gasteiger partial charge in [0.05, 0.1) is 5.57 Å². The highest BCUT2D eigenvalue weighted by atomic mass is 35.5. The Balaban J connectivity index is 1.83. The maximum absolute atomic E-state index is 12.9. The monoisotopic (exact) mass is 383 g/mol. The van der Waals surface area contributed by atoms with Crippen LogP contribution in [0.2, 0.25) is 5.02 Å². The number of ether oxygens (including phenoxy) is 1. The van der Waals surface area contributed by atoms with E-state index in [0.717, 1.165) is 31.5 Å². The van der Waals surface area contributed by atoms with Crippen molar-refractivity contribution in [2.45, 2.75) is 25.9 Å². The number of nitrogens with zero attached hydrogens (tertiary/aromatic N) is 1. The van der Waals surface area contributed by atoms with Crippen molar-refractivity contribution in [3.63, 3.8) is 0 Å². The molecule has 27 heavy (non-hydrogen) atoms. The minimum Gasteiger partial charge on any atom is -0.449 e. The second-order valence-electron chi connectivity index (χ2n) is 6.56. The zero-order chi connectivity index (χ0) is 19.2. The summed E-state index contributed by atoms with van der Waals surface area (Å²) in [7, 11) is 0. The fraction of sp³-hybridized carbons (Fsp3) is 0.273. The lowest BCUT2D eigenvalue weighted by atomic mass is 10.0. The van der Waals surface area contributed by atoms with Gasteiger partial charge in [-0.1, -0.05) is 54.1 Å². The molecule has 0 radical (unpaired) electrons. The number of halogens is 1. The summed E-state index contributed by atoms with van der Waals surface area (Å²) in [4.78, 5) is 27.1. The number of benzene rings is 2. The SMILES string of the molecule is C[C@@H](OC(=O)/C(=C/c1ccccc1)c1ccc(Cl)cc1)C(=O)N1CCCC1. The van der Waals surface area contributed by atoms with E-state index in [1.807, 2.05) is 30.3 Å². The molecule has 1 heterocycles. The van der Waals surface area contributed by atoms with Crippen molar-refractivity contribution in [2.24, 2.45) is 0 Å². The third-order valence-corrected chi connectivity index (χ3v) is 4.79. The number of rotatable bonds is 5. The van der Waals surface area contributed by atoms with Gasteiger partial charge in [-0.05, 0) is 49.1 Å². The number of hydrogen-bond acceptors (Lipinski definition) is 3. The van der Waals surface area contributed by atoms with Gasteiger partial charge in [0.25, 0.3) is 5.91 Å². The molecule has 1 saturated heterocycles. The smallest absolute Gasteiger partial charge is 0.339 e. The van der Waals surface area contributed by atoms with Gasteiger partial charge in [0.2, 0.25) is 0 Å². The lowest BCUT2D eigenvalue weighted by molar-refractivity contribution is -0.153. The van der Waals surface area contributed by atoms with Crippen molar-refractivity contribution >= 4 is 35.1 Å². The van der Waals surface area contributed by atoms with Crippen LogP contribution in [0.4, 0.5) is 0 Å².